The van der Waals surface area contributed by atoms with Crippen LogP contribution < -0.4 is 5.73 Å². The smallest absolute Gasteiger partial charge is 0.0501 e. The van der Waals surface area contributed by atoms with E-state index < -0.39 is 0 Å². The monoisotopic (exact) mass is 291 g/mol. The zero-order chi connectivity index (χ0) is 14.3. The fourth-order valence-electron chi connectivity index (χ4n) is 6.24. The number of fused-ring (bicyclic) bond motifs is 1. The maximum Gasteiger partial charge on any atom is 0.0501 e. The maximum absolute atomic E-state index is 6.45. The van der Waals surface area contributed by atoms with Crippen LogP contribution in [0.15, 0.2) is 0 Å². The summed E-state index contributed by atoms with van der Waals surface area (Å²) in [5.41, 5.74) is 6.77. The van der Waals surface area contributed by atoms with Crippen molar-refractivity contribution in [2.24, 2.45) is 11.7 Å². The van der Waals surface area contributed by atoms with Crippen molar-refractivity contribution in [2.75, 3.05) is 26.2 Å². The predicted molar refractivity (Wildman–Crippen MR) is 87.3 cm³/mol. The summed E-state index contributed by atoms with van der Waals surface area (Å²) in [7, 11) is 0. The quantitative estimate of drug-likeness (QED) is 0.867. The molecular formula is C18H33N3. The van der Waals surface area contributed by atoms with Gasteiger partial charge in [-0.15, -0.1) is 0 Å². The molecule has 3 heterocycles. The molecule has 1 aliphatic carbocycles. The van der Waals surface area contributed by atoms with Gasteiger partial charge in [0.1, 0.15) is 0 Å². The second-order valence-electron chi connectivity index (χ2n) is 8.05. The van der Waals surface area contributed by atoms with Crippen LogP contribution >= 0.6 is 0 Å². The molecule has 0 aromatic rings. The Balaban J connectivity index is 1.59. The van der Waals surface area contributed by atoms with E-state index in [9.17, 15) is 0 Å². The van der Waals surface area contributed by atoms with Crippen molar-refractivity contribution in [2.45, 2.75) is 81.8 Å². The third-order valence-corrected chi connectivity index (χ3v) is 7.23. The molecule has 4 rings (SSSR count). The van der Waals surface area contributed by atoms with Crippen LogP contribution in [0.5, 0.6) is 0 Å². The predicted octanol–water partition coefficient (Wildman–Crippen LogP) is 2.60. The Hall–Kier alpha value is -0.120. The van der Waals surface area contributed by atoms with Crippen molar-refractivity contribution < 1.29 is 0 Å². The van der Waals surface area contributed by atoms with Crippen LogP contribution in [-0.2, 0) is 0 Å². The van der Waals surface area contributed by atoms with E-state index in [1.165, 1.54) is 83.8 Å². The summed E-state index contributed by atoms with van der Waals surface area (Å²) in [5.74, 6) is 0.980. The first-order valence-electron chi connectivity index (χ1n) is 9.56. The van der Waals surface area contributed by atoms with Crippen molar-refractivity contribution in [1.29, 1.82) is 0 Å². The van der Waals surface area contributed by atoms with Gasteiger partial charge in [0.05, 0.1) is 5.54 Å². The minimum atomic E-state index is 0.324. The average molecular weight is 291 g/mol. The highest BCUT2D eigenvalue weighted by atomic mass is 15.3. The number of hydrogen-bond acceptors (Lipinski definition) is 3. The van der Waals surface area contributed by atoms with Gasteiger partial charge in [-0.3, -0.25) is 9.80 Å². The number of hydrogen-bond donors (Lipinski definition) is 1. The molecule has 0 bridgehead atoms. The van der Waals surface area contributed by atoms with Gasteiger partial charge < -0.3 is 5.73 Å². The van der Waals surface area contributed by atoms with E-state index in [1.807, 2.05) is 0 Å². The molecule has 3 aliphatic heterocycles. The fourth-order valence-corrected chi connectivity index (χ4v) is 6.24. The molecule has 1 saturated carbocycles. The second-order valence-corrected chi connectivity index (χ2v) is 8.05. The van der Waals surface area contributed by atoms with E-state index in [0.717, 1.165) is 24.5 Å². The Bertz CT molecular complexity index is 365. The summed E-state index contributed by atoms with van der Waals surface area (Å²) in [4.78, 5) is 5.72. The molecule has 0 spiro atoms. The molecular weight excluding hydrogens is 258 g/mol. The SMILES string of the molecule is NCC1(N2CCCC2C2CCCC2)CCN2CCCCC21. The molecule has 0 amide bonds. The summed E-state index contributed by atoms with van der Waals surface area (Å²) >= 11 is 0. The Morgan fingerprint density at radius 3 is 2.48 bits per heavy atom. The molecule has 0 radical (unpaired) electrons. The Kier molecular flexibility index (Phi) is 4.01. The van der Waals surface area contributed by atoms with Crippen molar-refractivity contribution in [3.8, 4) is 0 Å². The number of rotatable bonds is 3. The highest BCUT2D eigenvalue weighted by Gasteiger charge is 2.54. The molecule has 3 atom stereocenters. The van der Waals surface area contributed by atoms with Crippen LogP contribution in [0.25, 0.3) is 0 Å². The van der Waals surface area contributed by atoms with Gasteiger partial charge in [-0.05, 0) is 64.0 Å². The van der Waals surface area contributed by atoms with Crippen LogP contribution in [0.2, 0.25) is 0 Å². The van der Waals surface area contributed by atoms with Crippen LogP contribution in [0.4, 0.5) is 0 Å². The minimum absolute atomic E-state index is 0.324. The summed E-state index contributed by atoms with van der Waals surface area (Å²) in [6, 6.07) is 1.62. The summed E-state index contributed by atoms with van der Waals surface area (Å²) in [5, 5.41) is 0. The molecule has 120 valence electrons. The molecule has 0 aromatic carbocycles. The number of nitrogens with two attached hydrogens (primary N) is 1. The van der Waals surface area contributed by atoms with Gasteiger partial charge in [-0.1, -0.05) is 19.3 Å². The number of nitrogens with zero attached hydrogens (tertiary/aromatic N) is 2. The molecule has 21 heavy (non-hydrogen) atoms. The lowest BCUT2D eigenvalue weighted by Crippen LogP contribution is -2.63. The van der Waals surface area contributed by atoms with E-state index in [-0.39, 0.29) is 0 Å². The standard InChI is InChI=1S/C18H33N3/c19-14-18(10-13-20-11-4-3-9-17(18)20)21-12-5-8-16(21)15-6-1-2-7-15/h15-17H,1-14,19H2. The van der Waals surface area contributed by atoms with E-state index >= 15 is 0 Å². The van der Waals surface area contributed by atoms with Gasteiger partial charge in [0.2, 0.25) is 0 Å². The van der Waals surface area contributed by atoms with Crippen LogP contribution in [0.3, 0.4) is 0 Å². The van der Waals surface area contributed by atoms with E-state index in [0.29, 0.717) is 5.54 Å². The topological polar surface area (TPSA) is 32.5 Å². The van der Waals surface area contributed by atoms with Crippen molar-refractivity contribution in [3.05, 3.63) is 0 Å². The molecule has 2 N–H and O–H groups in total. The highest BCUT2D eigenvalue weighted by Crippen LogP contribution is 2.45. The third kappa shape index (κ3) is 2.27. The molecule has 3 saturated heterocycles. The zero-order valence-electron chi connectivity index (χ0n) is 13.6. The zero-order valence-corrected chi connectivity index (χ0v) is 13.6. The van der Waals surface area contributed by atoms with E-state index in [4.69, 9.17) is 5.73 Å². The largest absolute Gasteiger partial charge is 0.329 e. The average Bonchev–Trinajstić information content (AvgIpc) is 3.25. The lowest BCUT2D eigenvalue weighted by Gasteiger charge is -2.49. The fraction of sp³-hybridized carbons (Fsp3) is 1.00. The van der Waals surface area contributed by atoms with Crippen LogP contribution in [-0.4, -0.2) is 53.6 Å². The van der Waals surface area contributed by atoms with E-state index in [1.54, 1.807) is 0 Å². The Morgan fingerprint density at radius 2 is 1.67 bits per heavy atom. The van der Waals surface area contributed by atoms with E-state index in [2.05, 4.69) is 9.80 Å². The lowest BCUT2D eigenvalue weighted by atomic mass is 9.81. The van der Waals surface area contributed by atoms with Gasteiger partial charge in [0.25, 0.3) is 0 Å². The van der Waals surface area contributed by atoms with Crippen LogP contribution in [0, 0.1) is 5.92 Å². The Labute approximate surface area is 130 Å². The molecule has 3 nitrogen and oxygen atoms in total. The molecule has 4 aliphatic rings. The van der Waals surface area contributed by atoms with Crippen molar-refractivity contribution in [3.63, 3.8) is 0 Å². The molecule has 3 heteroatoms. The normalized spacial score (nSPS) is 42.7. The maximum atomic E-state index is 6.45. The van der Waals surface area contributed by atoms with Gasteiger partial charge in [-0.2, -0.15) is 0 Å². The van der Waals surface area contributed by atoms with Gasteiger partial charge in [0.15, 0.2) is 0 Å². The number of likely N-dealkylation sites (tertiary alicyclic amines) is 1. The first-order chi connectivity index (χ1) is 10.3. The van der Waals surface area contributed by atoms with Crippen molar-refractivity contribution in [1.82, 2.24) is 9.80 Å². The van der Waals surface area contributed by atoms with Crippen molar-refractivity contribution >= 4 is 0 Å². The summed E-state index contributed by atoms with van der Waals surface area (Å²) < 4.78 is 0. The first kappa shape index (κ1) is 14.5. The third-order valence-electron chi connectivity index (χ3n) is 7.23. The minimum Gasteiger partial charge on any atom is -0.329 e. The first-order valence-corrected chi connectivity index (χ1v) is 9.56. The van der Waals surface area contributed by atoms with Gasteiger partial charge >= 0.3 is 0 Å². The molecule has 0 aromatic heterocycles. The van der Waals surface area contributed by atoms with Gasteiger partial charge in [0, 0.05) is 25.2 Å². The highest BCUT2D eigenvalue weighted by molar-refractivity contribution is 5.11. The lowest BCUT2D eigenvalue weighted by molar-refractivity contribution is 0.0121. The van der Waals surface area contributed by atoms with Gasteiger partial charge in [-0.25, -0.2) is 0 Å². The number of piperidine rings is 1. The summed E-state index contributed by atoms with van der Waals surface area (Å²) in [6.45, 7) is 4.84. The Morgan fingerprint density at radius 1 is 0.857 bits per heavy atom. The van der Waals surface area contributed by atoms with Crippen LogP contribution in [0.1, 0.15) is 64.2 Å². The molecule has 4 fully saturated rings. The second kappa shape index (κ2) is 5.82. The molecule has 3 unspecified atom stereocenters. The summed E-state index contributed by atoms with van der Waals surface area (Å²) in [6.07, 6.45) is 14.3.